The van der Waals surface area contributed by atoms with E-state index in [2.05, 4.69) is 10.3 Å². The predicted molar refractivity (Wildman–Crippen MR) is 96.7 cm³/mol. The molecule has 0 aliphatic heterocycles. The summed E-state index contributed by atoms with van der Waals surface area (Å²) in [4.78, 5) is 28.7. The minimum absolute atomic E-state index is 0.288. The van der Waals surface area contributed by atoms with Gasteiger partial charge in [0.15, 0.2) is 6.10 Å². The first-order valence-electron chi connectivity index (χ1n) is 8.28. The summed E-state index contributed by atoms with van der Waals surface area (Å²) in [5.74, 6) is -1.63. The number of pyridine rings is 1. The number of nitrogens with zero attached hydrogens (tertiary/aromatic N) is 1. The van der Waals surface area contributed by atoms with Gasteiger partial charge in [-0.2, -0.15) is 13.2 Å². The second-order valence-corrected chi connectivity index (χ2v) is 5.99. The lowest BCUT2D eigenvalue weighted by Crippen LogP contribution is -2.30. The van der Waals surface area contributed by atoms with E-state index < -0.39 is 29.7 Å². The first-order chi connectivity index (χ1) is 13.3. The summed E-state index contributed by atoms with van der Waals surface area (Å²) in [6, 6.07) is 12.5. The molecular weight excluding hydrogens is 373 g/mol. The number of aromatic nitrogens is 1. The lowest BCUT2D eigenvalue weighted by molar-refractivity contribution is -0.137. The molecule has 0 radical (unpaired) electrons. The van der Waals surface area contributed by atoms with Crippen molar-refractivity contribution in [2.24, 2.45) is 0 Å². The topological polar surface area (TPSA) is 68.3 Å². The molecule has 1 atom stereocenters. The highest BCUT2D eigenvalue weighted by Crippen LogP contribution is 2.29. The fraction of sp³-hybridized carbons (Fsp3) is 0.150. The van der Waals surface area contributed by atoms with Crippen LogP contribution in [0.25, 0.3) is 10.9 Å². The Morgan fingerprint density at radius 2 is 1.82 bits per heavy atom. The van der Waals surface area contributed by atoms with E-state index in [-0.39, 0.29) is 5.56 Å². The second kappa shape index (κ2) is 7.67. The van der Waals surface area contributed by atoms with Crippen molar-refractivity contribution in [2.75, 3.05) is 5.32 Å². The van der Waals surface area contributed by atoms with Gasteiger partial charge in [0.25, 0.3) is 5.91 Å². The number of hydrogen-bond donors (Lipinski definition) is 1. The van der Waals surface area contributed by atoms with Crippen LogP contribution in [0.5, 0.6) is 0 Å². The molecule has 144 valence electrons. The Morgan fingerprint density at radius 1 is 1.07 bits per heavy atom. The number of amides is 1. The van der Waals surface area contributed by atoms with Gasteiger partial charge in [-0.05, 0) is 49.4 Å². The second-order valence-electron chi connectivity index (χ2n) is 5.99. The Morgan fingerprint density at radius 3 is 2.57 bits per heavy atom. The van der Waals surface area contributed by atoms with Crippen molar-refractivity contribution in [3.05, 3.63) is 71.9 Å². The van der Waals surface area contributed by atoms with Crippen LogP contribution in [0.15, 0.2) is 60.8 Å². The number of fused-ring (bicyclic) bond motifs is 1. The molecule has 1 aromatic heterocycles. The number of carbonyl (C=O) groups excluding carboxylic acids is 2. The molecule has 2 aromatic carbocycles. The molecule has 1 amide bonds. The van der Waals surface area contributed by atoms with E-state index in [0.717, 1.165) is 12.1 Å². The van der Waals surface area contributed by atoms with E-state index in [1.807, 2.05) is 0 Å². The van der Waals surface area contributed by atoms with Gasteiger partial charge in [0.05, 0.1) is 22.3 Å². The molecule has 5 nitrogen and oxygen atoms in total. The van der Waals surface area contributed by atoms with E-state index in [1.54, 1.807) is 36.5 Å². The van der Waals surface area contributed by atoms with Crippen LogP contribution in [0.4, 0.5) is 18.9 Å². The van der Waals surface area contributed by atoms with Crippen molar-refractivity contribution < 1.29 is 27.5 Å². The molecule has 0 fully saturated rings. The molecule has 8 heteroatoms. The summed E-state index contributed by atoms with van der Waals surface area (Å²) >= 11 is 0. The predicted octanol–water partition coefficient (Wildman–Crippen LogP) is 4.44. The highest BCUT2D eigenvalue weighted by molar-refractivity contribution is 6.03. The van der Waals surface area contributed by atoms with Crippen molar-refractivity contribution in [1.82, 2.24) is 4.98 Å². The van der Waals surface area contributed by atoms with Crippen LogP contribution in [-0.4, -0.2) is 23.0 Å². The van der Waals surface area contributed by atoms with Crippen molar-refractivity contribution in [1.29, 1.82) is 0 Å². The lowest BCUT2D eigenvalue weighted by Gasteiger charge is -2.15. The van der Waals surface area contributed by atoms with Gasteiger partial charge in [-0.25, -0.2) is 4.79 Å². The van der Waals surface area contributed by atoms with Gasteiger partial charge in [-0.3, -0.25) is 9.78 Å². The number of carbonyl (C=O) groups is 2. The van der Waals surface area contributed by atoms with Crippen LogP contribution in [0.2, 0.25) is 0 Å². The van der Waals surface area contributed by atoms with E-state index in [0.29, 0.717) is 22.7 Å². The van der Waals surface area contributed by atoms with Crippen LogP contribution in [0.3, 0.4) is 0 Å². The van der Waals surface area contributed by atoms with Crippen molar-refractivity contribution in [2.45, 2.75) is 19.2 Å². The fourth-order valence-corrected chi connectivity index (χ4v) is 2.55. The van der Waals surface area contributed by atoms with Gasteiger partial charge in [-0.1, -0.05) is 12.1 Å². The van der Waals surface area contributed by atoms with Gasteiger partial charge < -0.3 is 10.1 Å². The summed E-state index contributed by atoms with van der Waals surface area (Å²) in [5.41, 5.74) is -0.0994. The Balaban J connectivity index is 1.71. The van der Waals surface area contributed by atoms with Gasteiger partial charge >= 0.3 is 12.1 Å². The molecule has 1 N–H and O–H groups in total. The summed E-state index contributed by atoms with van der Waals surface area (Å²) in [6.07, 6.45) is -4.18. The SMILES string of the molecule is CC(OC(=O)c1cccc(C(F)(F)F)c1)C(=O)Nc1cccc2ncccc12. The number of alkyl halides is 3. The summed E-state index contributed by atoms with van der Waals surface area (Å²) in [5, 5.41) is 3.34. The van der Waals surface area contributed by atoms with Gasteiger partial charge in [0, 0.05) is 11.6 Å². The van der Waals surface area contributed by atoms with Crippen molar-refractivity contribution in [3.63, 3.8) is 0 Å². The summed E-state index contributed by atoms with van der Waals surface area (Å²) < 4.78 is 43.3. The third-order valence-corrected chi connectivity index (χ3v) is 3.98. The Hall–Kier alpha value is -3.42. The number of rotatable bonds is 4. The molecule has 1 heterocycles. The number of nitrogens with one attached hydrogen (secondary N) is 1. The van der Waals surface area contributed by atoms with Crippen LogP contribution in [0, 0.1) is 0 Å². The molecule has 1 unspecified atom stereocenters. The normalized spacial score (nSPS) is 12.4. The van der Waals surface area contributed by atoms with E-state index in [1.165, 1.54) is 13.0 Å². The van der Waals surface area contributed by atoms with E-state index >= 15 is 0 Å². The number of ether oxygens (including phenoxy) is 1. The molecule has 0 saturated heterocycles. The minimum atomic E-state index is -4.58. The highest BCUT2D eigenvalue weighted by atomic mass is 19.4. The van der Waals surface area contributed by atoms with Crippen LogP contribution >= 0.6 is 0 Å². The zero-order valence-corrected chi connectivity index (χ0v) is 14.7. The molecule has 0 saturated carbocycles. The molecular formula is C20H15F3N2O3. The summed E-state index contributed by atoms with van der Waals surface area (Å²) in [7, 11) is 0. The number of anilines is 1. The minimum Gasteiger partial charge on any atom is -0.449 e. The van der Waals surface area contributed by atoms with Crippen LogP contribution < -0.4 is 5.32 Å². The zero-order valence-electron chi connectivity index (χ0n) is 14.7. The van der Waals surface area contributed by atoms with Gasteiger partial charge in [-0.15, -0.1) is 0 Å². The molecule has 28 heavy (non-hydrogen) atoms. The molecule has 3 aromatic rings. The molecule has 3 rings (SSSR count). The van der Waals surface area contributed by atoms with Crippen LogP contribution in [-0.2, 0) is 15.7 Å². The lowest BCUT2D eigenvalue weighted by atomic mass is 10.1. The van der Waals surface area contributed by atoms with Gasteiger partial charge in [0.1, 0.15) is 0 Å². The Labute approximate surface area is 158 Å². The number of benzene rings is 2. The zero-order chi connectivity index (χ0) is 20.3. The van der Waals surface area contributed by atoms with Crippen molar-refractivity contribution in [3.8, 4) is 0 Å². The maximum absolute atomic E-state index is 12.8. The monoisotopic (exact) mass is 388 g/mol. The van der Waals surface area contributed by atoms with Crippen LogP contribution in [0.1, 0.15) is 22.8 Å². The standard InChI is InChI=1S/C20H15F3N2O3/c1-12(28-19(27)13-5-2-6-14(11-13)20(21,22)23)18(26)25-17-9-3-8-16-15(17)7-4-10-24-16/h2-12H,1H3,(H,25,26). The molecule has 0 bridgehead atoms. The molecule has 0 aliphatic rings. The molecule has 0 spiro atoms. The van der Waals surface area contributed by atoms with E-state index in [9.17, 15) is 22.8 Å². The summed E-state index contributed by atoms with van der Waals surface area (Å²) in [6.45, 7) is 1.34. The number of hydrogen-bond acceptors (Lipinski definition) is 4. The smallest absolute Gasteiger partial charge is 0.416 e. The largest absolute Gasteiger partial charge is 0.449 e. The van der Waals surface area contributed by atoms with Crippen molar-refractivity contribution >= 4 is 28.5 Å². The first kappa shape index (κ1) is 19.3. The quantitative estimate of drug-likeness (QED) is 0.671. The number of halogens is 3. The maximum atomic E-state index is 12.8. The number of esters is 1. The first-order valence-corrected chi connectivity index (χ1v) is 8.28. The van der Waals surface area contributed by atoms with E-state index in [4.69, 9.17) is 4.74 Å². The van der Waals surface area contributed by atoms with Gasteiger partial charge in [0.2, 0.25) is 0 Å². The molecule has 0 aliphatic carbocycles. The third kappa shape index (κ3) is 4.28. The maximum Gasteiger partial charge on any atom is 0.416 e. The Kier molecular flexibility index (Phi) is 5.30. The third-order valence-electron chi connectivity index (χ3n) is 3.98. The fourth-order valence-electron chi connectivity index (χ4n) is 2.55. The average molecular weight is 388 g/mol. The highest BCUT2D eigenvalue weighted by Gasteiger charge is 2.31. The Bertz CT molecular complexity index is 1030. The average Bonchev–Trinajstić information content (AvgIpc) is 2.67.